The number of carbonyl (C=O) groups excluding carboxylic acids is 5. The minimum absolute atomic E-state index is 0.0135. The van der Waals surface area contributed by atoms with Gasteiger partial charge in [-0.25, -0.2) is 9.78 Å². The number of imide groups is 2. The van der Waals surface area contributed by atoms with Crippen LogP contribution in [0.4, 0.5) is 18.0 Å². The number of ether oxygens (including phenoxy) is 6. The third-order valence-electron chi connectivity index (χ3n) is 9.99. The summed E-state index contributed by atoms with van der Waals surface area (Å²) in [6.45, 7) is 5.49. The number of pyridine rings is 1. The molecule has 0 aliphatic carbocycles. The number of benzene rings is 3. The molecule has 15 nitrogen and oxygen atoms in total. The van der Waals surface area contributed by atoms with E-state index in [0.29, 0.717) is 17.7 Å². The highest BCUT2D eigenvalue weighted by Gasteiger charge is 2.45. The summed E-state index contributed by atoms with van der Waals surface area (Å²) < 4.78 is 77.0. The third kappa shape index (κ3) is 10.5. The SMILES string of the molecule is COc1ccc(COc2cc(OCc3ccc(COCCOc4ccc5c(c4)C(=O)N(C4CCC(=O)NC4=O)C5=O)cc3)ncc2-c2cc(C(F)(F)F)cn2C(=O)OC(C)(C)C)cc1. The van der Waals surface area contributed by atoms with E-state index in [0.717, 1.165) is 32.2 Å². The van der Waals surface area contributed by atoms with Gasteiger partial charge in [0, 0.05) is 24.9 Å². The molecule has 7 rings (SSSR count). The van der Waals surface area contributed by atoms with Crippen LogP contribution in [0.15, 0.2) is 91.3 Å². The molecule has 2 aromatic heterocycles. The van der Waals surface area contributed by atoms with Gasteiger partial charge in [0.15, 0.2) is 0 Å². The highest BCUT2D eigenvalue weighted by molar-refractivity contribution is 6.23. The Bertz CT molecular complexity index is 2570. The summed E-state index contributed by atoms with van der Waals surface area (Å²) in [5.41, 5.74) is 0.504. The van der Waals surface area contributed by atoms with E-state index < -0.39 is 53.1 Å². The van der Waals surface area contributed by atoms with Gasteiger partial charge >= 0.3 is 12.3 Å². The molecule has 64 heavy (non-hydrogen) atoms. The summed E-state index contributed by atoms with van der Waals surface area (Å²) >= 11 is 0. The molecule has 0 radical (unpaired) electrons. The second kappa shape index (κ2) is 18.6. The normalized spacial score (nSPS) is 15.2. The zero-order chi connectivity index (χ0) is 45.8. The first-order chi connectivity index (χ1) is 30.5. The zero-order valence-corrected chi connectivity index (χ0v) is 35.2. The van der Waals surface area contributed by atoms with Crippen LogP contribution in [0.5, 0.6) is 23.1 Å². The summed E-state index contributed by atoms with van der Waals surface area (Å²) in [5.74, 6) is -1.20. The lowest BCUT2D eigenvalue weighted by Crippen LogP contribution is -2.54. The van der Waals surface area contributed by atoms with Crippen molar-refractivity contribution in [1.82, 2.24) is 19.8 Å². The molecule has 1 atom stereocenters. The number of halogens is 3. The van der Waals surface area contributed by atoms with E-state index in [1.54, 1.807) is 51.1 Å². The maximum Gasteiger partial charge on any atom is 0.419 e. The van der Waals surface area contributed by atoms with E-state index in [2.05, 4.69) is 10.3 Å². The van der Waals surface area contributed by atoms with Crippen LogP contribution in [-0.2, 0) is 45.1 Å². The maximum absolute atomic E-state index is 14.0. The van der Waals surface area contributed by atoms with Crippen LogP contribution in [0, 0.1) is 0 Å². The minimum Gasteiger partial charge on any atom is -0.497 e. The van der Waals surface area contributed by atoms with Crippen LogP contribution < -0.4 is 24.3 Å². The molecule has 0 bridgehead atoms. The lowest BCUT2D eigenvalue weighted by Gasteiger charge is -2.27. The summed E-state index contributed by atoms with van der Waals surface area (Å²) in [6.07, 6.45) is -3.74. The van der Waals surface area contributed by atoms with Crippen molar-refractivity contribution in [2.75, 3.05) is 20.3 Å². The molecule has 1 N–H and O–H groups in total. The Morgan fingerprint density at radius 1 is 0.766 bits per heavy atom. The van der Waals surface area contributed by atoms with Crippen LogP contribution in [0.2, 0.25) is 0 Å². The molecule has 4 heterocycles. The average Bonchev–Trinajstić information content (AvgIpc) is 3.81. The minimum atomic E-state index is -4.76. The number of amides is 4. The van der Waals surface area contributed by atoms with Crippen LogP contribution >= 0.6 is 0 Å². The van der Waals surface area contributed by atoms with Gasteiger partial charge in [-0.05, 0) is 80.3 Å². The fourth-order valence-electron chi connectivity index (χ4n) is 6.82. The molecule has 2 aliphatic rings. The number of nitrogens with one attached hydrogen (secondary N) is 1. The van der Waals surface area contributed by atoms with Crippen LogP contribution in [0.1, 0.15) is 76.6 Å². The monoisotopic (exact) mass is 884 g/mol. The fourth-order valence-corrected chi connectivity index (χ4v) is 6.82. The molecule has 0 saturated carbocycles. The molecule has 4 amide bonds. The predicted octanol–water partition coefficient (Wildman–Crippen LogP) is 7.52. The van der Waals surface area contributed by atoms with E-state index in [1.807, 2.05) is 24.3 Å². The molecule has 18 heteroatoms. The Morgan fingerprint density at radius 3 is 2.06 bits per heavy atom. The number of nitrogens with zero attached hydrogens (tertiary/aromatic N) is 3. The van der Waals surface area contributed by atoms with Crippen molar-refractivity contribution in [2.45, 2.75) is 71.3 Å². The fraction of sp³-hybridized carbons (Fsp3) is 0.304. The summed E-state index contributed by atoms with van der Waals surface area (Å²) in [7, 11) is 1.54. The van der Waals surface area contributed by atoms with Gasteiger partial charge in [0.1, 0.15) is 48.7 Å². The topological polar surface area (TPSA) is 174 Å². The average molecular weight is 885 g/mol. The molecule has 1 unspecified atom stereocenters. The first kappa shape index (κ1) is 44.8. The molecular weight excluding hydrogens is 842 g/mol. The third-order valence-corrected chi connectivity index (χ3v) is 9.99. The Morgan fingerprint density at radius 2 is 1.41 bits per heavy atom. The van der Waals surface area contributed by atoms with Gasteiger partial charge in [-0.2, -0.15) is 13.2 Å². The first-order valence-electron chi connectivity index (χ1n) is 20.0. The Labute approximate surface area is 365 Å². The molecule has 3 aromatic carbocycles. The lowest BCUT2D eigenvalue weighted by atomic mass is 10.0. The molecule has 0 spiro atoms. The largest absolute Gasteiger partial charge is 0.497 e. The van der Waals surface area contributed by atoms with E-state index in [4.69, 9.17) is 28.4 Å². The number of fused-ring (bicyclic) bond motifs is 1. The van der Waals surface area contributed by atoms with Crippen LogP contribution in [0.3, 0.4) is 0 Å². The summed E-state index contributed by atoms with van der Waals surface area (Å²) in [4.78, 5) is 68.3. The van der Waals surface area contributed by atoms with Crippen molar-refractivity contribution in [3.05, 3.63) is 125 Å². The number of aromatic nitrogens is 2. The van der Waals surface area contributed by atoms with E-state index >= 15 is 0 Å². The number of alkyl halides is 3. The zero-order valence-electron chi connectivity index (χ0n) is 35.2. The number of methoxy groups -OCH3 is 1. The van der Waals surface area contributed by atoms with Crippen molar-refractivity contribution in [3.8, 4) is 34.4 Å². The lowest BCUT2D eigenvalue weighted by molar-refractivity contribution is -0.138. The van der Waals surface area contributed by atoms with Gasteiger partial charge in [0.05, 0.1) is 48.3 Å². The molecule has 1 saturated heterocycles. The number of hydrogen-bond acceptors (Lipinski definition) is 12. The van der Waals surface area contributed by atoms with Gasteiger partial charge in [-0.3, -0.25) is 34.0 Å². The van der Waals surface area contributed by atoms with Gasteiger partial charge in [-0.1, -0.05) is 36.4 Å². The van der Waals surface area contributed by atoms with Crippen molar-refractivity contribution in [3.63, 3.8) is 0 Å². The second-order valence-corrected chi connectivity index (χ2v) is 15.8. The van der Waals surface area contributed by atoms with Crippen LogP contribution in [-0.4, -0.2) is 76.1 Å². The van der Waals surface area contributed by atoms with E-state index in [-0.39, 0.29) is 79.9 Å². The highest BCUT2D eigenvalue weighted by atomic mass is 19.4. The van der Waals surface area contributed by atoms with Gasteiger partial charge in [-0.15, -0.1) is 0 Å². The smallest absolute Gasteiger partial charge is 0.419 e. The van der Waals surface area contributed by atoms with Gasteiger partial charge in [0.2, 0.25) is 17.7 Å². The molecular formula is C46H43F3N4O11. The van der Waals surface area contributed by atoms with E-state index in [9.17, 15) is 37.1 Å². The van der Waals surface area contributed by atoms with E-state index in [1.165, 1.54) is 31.5 Å². The molecule has 334 valence electrons. The van der Waals surface area contributed by atoms with Crippen LogP contribution in [0.25, 0.3) is 11.3 Å². The van der Waals surface area contributed by atoms with Crippen molar-refractivity contribution < 1.29 is 65.6 Å². The maximum atomic E-state index is 14.0. The molecule has 5 aromatic rings. The highest BCUT2D eigenvalue weighted by Crippen LogP contribution is 2.39. The van der Waals surface area contributed by atoms with Gasteiger partial charge in [0.25, 0.3) is 11.8 Å². The number of rotatable bonds is 15. The molecule has 1 fully saturated rings. The Balaban J connectivity index is 0.961. The van der Waals surface area contributed by atoms with Crippen molar-refractivity contribution in [2.24, 2.45) is 0 Å². The quantitative estimate of drug-likeness (QED) is 0.0811. The number of hydrogen-bond donors (Lipinski definition) is 1. The van der Waals surface area contributed by atoms with Gasteiger partial charge < -0.3 is 28.4 Å². The Hall–Kier alpha value is -7.21. The summed E-state index contributed by atoms with van der Waals surface area (Å²) in [5, 5.41) is 2.17. The molecule has 2 aliphatic heterocycles. The summed E-state index contributed by atoms with van der Waals surface area (Å²) in [6, 6.07) is 20.1. The first-order valence-corrected chi connectivity index (χ1v) is 20.0. The Kier molecular flexibility index (Phi) is 13.1. The number of carbonyl (C=O) groups is 5. The second-order valence-electron chi connectivity index (χ2n) is 15.8. The van der Waals surface area contributed by atoms with Crippen molar-refractivity contribution >= 4 is 29.7 Å². The number of piperidine rings is 1. The van der Waals surface area contributed by atoms with Crippen molar-refractivity contribution in [1.29, 1.82) is 0 Å². The predicted molar refractivity (Wildman–Crippen MR) is 221 cm³/mol. The standard InChI is InChI=1S/C46H43F3N4O11/c1-45(2,3)64-44(58)52-23-30(46(47,48)49)19-37(52)35-22-50-40(21-38(35)62-25-29-9-11-31(59-4)12-10-29)63-26-28-7-5-27(6-8-28)24-60-17-18-61-32-13-14-33-34(20-32)43(57)53(42(33)56)36-15-16-39(54)51-41(36)55/h5-14,19-23,36H,15-18,24-26H2,1-4H3,(H,51,54,55).